The zero-order valence-electron chi connectivity index (χ0n) is 12.5. The molecule has 3 nitrogen and oxygen atoms in total. The molecule has 2 saturated heterocycles. The maximum atomic E-state index is 3.47. The van der Waals surface area contributed by atoms with Crippen molar-refractivity contribution < 1.29 is 0 Å². The maximum absolute atomic E-state index is 3.47. The molecule has 0 saturated carbocycles. The largest absolute Gasteiger partial charge is 0.317 e. The minimum atomic E-state index is 0.780. The Labute approximate surface area is 113 Å². The number of fused-ring (bicyclic) bond motifs is 1. The lowest BCUT2D eigenvalue weighted by Crippen LogP contribution is -2.53. The second kappa shape index (κ2) is 6.88. The van der Waals surface area contributed by atoms with Crippen LogP contribution in [0.4, 0.5) is 0 Å². The van der Waals surface area contributed by atoms with E-state index < -0.39 is 0 Å². The molecule has 0 bridgehead atoms. The van der Waals surface area contributed by atoms with Crippen molar-refractivity contribution >= 4 is 0 Å². The van der Waals surface area contributed by atoms with Gasteiger partial charge in [-0.1, -0.05) is 13.8 Å². The van der Waals surface area contributed by atoms with Crippen LogP contribution in [0.1, 0.15) is 33.1 Å². The standard InChI is InChI=1S/C15H31N3/c1-4-16-10-13(2)11-18-9-7-15-14(12-18)6-5-8-17(15)3/h13-16H,4-12H2,1-3H3. The molecule has 1 N–H and O–H groups in total. The molecule has 3 unspecified atom stereocenters. The van der Waals surface area contributed by atoms with Crippen LogP contribution in [-0.2, 0) is 0 Å². The van der Waals surface area contributed by atoms with Gasteiger partial charge >= 0.3 is 0 Å². The minimum absolute atomic E-state index is 0.780. The number of nitrogens with zero attached hydrogens (tertiary/aromatic N) is 2. The van der Waals surface area contributed by atoms with Crippen LogP contribution in [0, 0.1) is 11.8 Å². The molecule has 2 aliphatic rings. The highest BCUT2D eigenvalue weighted by molar-refractivity contribution is 4.89. The summed E-state index contributed by atoms with van der Waals surface area (Å²) in [5.74, 6) is 1.71. The van der Waals surface area contributed by atoms with Crippen LogP contribution in [-0.4, -0.2) is 62.2 Å². The van der Waals surface area contributed by atoms with Crippen LogP contribution in [0.2, 0.25) is 0 Å². The molecule has 2 fully saturated rings. The fourth-order valence-corrected chi connectivity index (χ4v) is 3.79. The molecular weight excluding hydrogens is 222 g/mol. The Morgan fingerprint density at radius 1 is 1.28 bits per heavy atom. The predicted molar refractivity (Wildman–Crippen MR) is 77.9 cm³/mol. The van der Waals surface area contributed by atoms with E-state index in [-0.39, 0.29) is 0 Å². The van der Waals surface area contributed by atoms with E-state index in [2.05, 4.69) is 36.0 Å². The summed E-state index contributed by atoms with van der Waals surface area (Å²) in [6, 6.07) is 0.874. The van der Waals surface area contributed by atoms with Gasteiger partial charge in [0.25, 0.3) is 0 Å². The number of rotatable bonds is 5. The molecule has 0 amide bonds. The quantitative estimate of drug-likeness (QED) is 0.804. The fraction of sp³-hybridized carbons (Fsp3) is 1.00. The Morgan fingerprint density at radius 3 is 2.89 bits per heavy atom. The summed E-state index contributed by atoms with van der Waals surface area (Å²) in [6.45, 7) is 12.1. The molecule has 2 heterocycles. The average Bonchev–Trinajstić information content (AvgIpc) is 2.36. The predicted octanol–water partition coefficient (Wildman–Crippen LogP) is 1.65. The third kappa shape index (κ3) is 3.69. The Kier molecular flexibility index (Phi) is 5.46. The van der Waals surface area contributed by atoms with E-state index in [9.17, 15) is 0 Å². The third-order valence-electron chi connectivity index (χ3n) is 4.74. The van der Waals surface area contributed by atoms with E-state index in [0.717, 1.165) is 24.4 Å². The molecule has 3 heteroatoms. The van der Waals surface area contributed by atoms with Crippen molar-refractivity contribution in [1.82, 2.24) is 15.1 Å². The van der Waals surface area contributed by atoms with Crippen molar-refractivity contribution in [2.45, 2.75) is 39.2 Å². The normalized spacial score (nSPS) is 32.2. The van der Waals surface area contributed by atoms with Crippen LogP contribution in [0.15, 0.2) is 0 Å². The minimum Gasteiger partial charge on any atom is -0.317 e. The van der Waals surface area contributed by atoms with Gasteiger partial charge in [-0.3, -0.25) is 0 Å². The van der Waals surface area contributed by atoms with Crippen molar-refractivity contribution in [2.24, 2.45) is 11.8 Å². The summed E-state index contributed by atoms with van der Waals surface area (Å²) in [7, 11) is 2.32. The van der Waals surface area contributed by atoms with Gasteiger partial charge in [0.1, 0.15) is 0 Å². The van der Waals surface area contributed by atoms with Gasteiger partial charge in [0.05, 0.1) is 0 Å². The summed E-state index contributed by atoms with van der Waals surface area (Å²) in [5.41, 5.74) is 0. The fourth-order valence-electron chi connectivity index (χ4n) is 3.79. The lowest BCUT2D eigenvalue weighted by molar-refractivity contribution is 0.0334. The van der Waals surface area contributed by atoms with Gasteiger partial charge in [-0.25, -0.2) is 0 Å². The number of piperidine rings is 2. The summed E-state index contributed by atoms with van der Waals surface area (Å²) in [6.07, 6.45) is 4.24. The first-order valence-corrected chi connectivity index (χ1v) is 7.84. The Balaban J connectivity index is 1.76. The van der Waals surface area contributed by atoms with Gasteiger partial charge in [0, 0.05) is 19.1 Å². The smallest absolute Gasteiger partial charge is 0.0145 e. The van der Waals surface area contributed by atoms with E-state index in [1.807, 2.05) is 0 Å². The van der Waals surface area contributed by atoms with Crippen molar-refractivity contribution in [2.75, 3.05) is 46.3 Å². The Bertz CT molecular complexity index is 244. The monoisotopic (exact) mass is 253 g/mol. The lowest BCUT2D eigenvalue weighted by Gasteiger charge is -2.46. The van der Waals surface area contributed by atoms with E-state index in [0.29, 0.717) is 0 Å². The highest BCUT2D eigenvalue weighted by atomic mass is 15.2. The summed E-state index contributed by atoms with van der Waals surface area (Å²) >= 11 is 0. The lowest BCUT2D eigenvalue weighted by atomic mass is 9.84. The molecule has 0 aromatic heterocycles. The molecule has 0 radical (unpaired) electrons. The number of hydrogen-bond donors (Lipinski definition) is 1. The first kappa shape index (κ1) is 14.3. The van der Waals surface area contributed by atoms with E-state index in [1.54, 1.807) is 0 Å². The molecule has 3 atom stereocenters. The Morgan fingerprint density at radius 2 is 2.11 bits per heavy atom. The summed E-state index contributed by atoms with van der Waals surface area (Å²) in [4.78, 5) is 5.32. The molecular formula is C15H31N3. The Hall–Kier alpha value is -0.120. The van der Waals surface area contributed by atoms with Crippen LogP contribution in [0.5, 0.6) is 0 Å². The van der Waals surface area contributed by atoms with E-state index in [4.69, 9.17) is 0 Å². The van der Waals surface area contributed by atoms with E-state index >= 15 is 0 Å². The van der Waals surface area contributed by atoms with Gasteiger partial charge in [0.15, 0.2) is 0 Å². The second-order valence-electron chi connectivity index (χ2n) is 6.41. The van der Waals surface area contributed by atoms with Crippen LogP contribution in [0.25, 0.3) is 0 Å². The molecule has 2 rings (SSSR count). The van der Waals surface area contributed by atoms with Gasteiger partial charge in [-0.15, -0.1) is 0 Å². The molecule has 0 aliphatic carbocycles. The molecule has 0 spiro atoms. The number of nitrogens with one attached hydrogen (secondary N) is 1. The summed E-state index contributed by atoms with van der Waals surface area (Å²) < 4.78 is 0. The SMILES string of the molecule is CCNCC(C)CN1CCC2C(CCCN2C)C1. The topological polar surface area (TPSA) is 18.5 Å². The first-order valence-electron chi connectivity index (χ1n) is 7.84. The van der Waals surface area contributed by atoms with Gasteiger partial charge in [0.2, 0.25) is 0 Å². The maximum Gasteiger partial charge on any atom is 0.0145 e. The highest BCUT2D eigenvalue weighted by Crippen LogP contribution is 2.29. The van der Waals surface area contributed by atoms with Crippen molar-refractivity contribution in [3.8, 4) is 0 Å². The van der Waals surface area contributed by atoms with Crippen molar-refractivity contribution in [3.05, 3.63) is 0 Å². The molecule has 18 heavy (non-hydrogen) atoms. The van der Waals surface area contributed by atoms with Gasteiger partial charge in [-0.2, -0.15) is 0 Å². The van der Waals surface area contributed by atoms with Gasteiger partial charge < -0.3 is 15.1 Å². The second-order valence-corrected chi connectivity index (χ2v) is 6.41. The third-order valence-corrected chi connectivity index (χ3v) is 4.74. The average molecular weight is 253 g/mol. The molecule has 2 aliphatic heterocycles. The van der Waals surface area contributed by atoms with Gasteiger partial charge in [-0.05, 0) is 64.3 Å². The summed E-state index contributed by atoms with van der Waals surface area (Å²) in [5, 5.41) is 3.47. The van der Waals surface area contributed by atoms with Crippen molar-refractivity contribution in [1.29, 1.82) is 0 Å². The van der Waals surface area contributed by atoms with Crippen molar-refractivity contribution in [3.63, 3.8) is 0 Å². The van der Waals surface area contributed by atoms with Crippen LogP contribution in [0.3, 0.4) is 0 Å². The van der Waals surface area contributed by atoms with Crippen LogP contribution < -0.4 is 5.32 Å². The zero-order chi connectivity index (χ0) is 13.0. The zero-order valence-corrected chi connectivity index (χ0v) is 12.5. The molecule has 0 aromatic rings. The highest BCUT2D eigenvalue weighted by Gasteiger charge is 2.34. The first-order chi connectivity index (χ1) is 8.70. The van der Waals surface area contributed by atoms with Crippen LogP contribution >= 0.6 is 0 Å². The van der Waals surface area contributed by atoms with E-state index in [1.165, 1.54) is 52.0 Å². The number of likely N-dealkylation sites (tertiary alicyclic amines) is 2. The molecule has 0 aromatic carbocycles. The molecule has 106 valence electrons. The number of hydrogen-bond acceptors (Lipinski definition) is 3.